The predicted molar refractivity (Wildman–Crippen MR) is 102 cm³/mol. The fraction of sp³-hybridized carbons (Fsp3) is 0.812. The number of hydrogen-bond acceptors (Lipinski definition) is 5. The highest BCUT2D eigenvalue weighted by Crippen LogP contribution is 2.17. The van der Waals surface area contributed by atoms with Gasteiger partial charge in [-0.25, -0.2) is 0 Å². The van der Waals surface area contributed by atoms with Crippen LogP contribution in [0.3, 0.4) is 0 Å². The van der Waals surface area contributed by atoms with Gasteiger partial charge in [-0.2, -0.15) is 0 Å². The quantitative estimate of drug-likeness (QED) is 0.439. The highest BCUT2D eigenvalue weighted by molar-refractivity contribution is 6.60. The van der Waals surface area contributed by atoms with Crippen molar-refractivity contribution in [2.75, 3.05) is 41.0 Å². The van der Waals surface area contributed by atoms with Crippen molar-refractivity contribution in [2.45, 2.75) is 40.2 Å². The van der Waals surface area contributed by atoms with E-state index in [2.05, 4.69) is 6.92 Å². The van der Waals surface area contributed by atoms with Gasteiger partial charge in [-0.3, -0.25) is 4.79 Å². The molecule has 0 aliphatic rings. The highest BCUT2D eigenvalue weighted by Gasteiger charge is 2.37. The van der Waals surface area contributed by atoms with Crippen molar-refractivity contribution in [3.63, 3.8) is 0 Å². The Labute approximate surface area is 154 Å². The zero-order valence-corrected chi connectivity index (χ0v) is 18.0. The lowest BCUT2D eigenvalue weighted by Crippen LogP contribution is -2.44. The lowest BCUT2D eigenvalue weighted by molar-refractivity contribution is -0.127. The molecule has 6 nitrogen and oxygen atoms in total. The van der Waals surface area contributed by atoms with Crippen molar-refractivity contribution < 1.29 is 18.1 Å². The van der Waals surface area contributed by atoms with Gasteiger partial charge in [0, 0.05) is 46.0 Å². The van der Waals surface area contributed by atoms with Gasteiger partial charge in [-0.1, -0.05) is 12.5 Å². The molecule has 1 atom stereocenters. The van der Waals surface area contributed by atoms with Gasteiger partial charge >= 0.3 is 8.80 Å². The third-order valence-electron chi connectivity index (χ3n) is 4.14. The Morgan fingerprint density at radius 3 is 2.00 bits per heavy atom. The molecular weight excluding hydrogens is 348 g/mol. The van der Waals surface area contributed by atoms with E-state index in [0.717, 1.165) is 17.6 Å². The van der Waals surface area contributed by atoms with E-state index < -0.39 is 8.80 Å². The maximum absolute atomic E-state index is 12.6. The molecule has 2 N–H and O–H groups in total. The van der Waals surface area contributed by atoms with Gasteiger partial charge in [-0.05, 0) is 39.7 Å². The normalized spacial score (nSPS) is 12.3. The third kappa shape index (κ3) is 8.09. The number of halogens is 1. The summed E-state index contributed by atoms with van der Waals surface area (Å²) in [6.45, 7) is 9.69. The molecular formula is C16H35ClN2O4Si. The monoisotopic (exact) mass is 382 g/mol. The molecule has 0 aliphatic carbocycles. The predicted octanol–water partition coefficient (Wildman–Crippen LogP) is 2.46. The van der Waals surface area contributed by atoms with Crippen molar-refractivity contribution in [1.82, 2.24) is 4.90 Å². The first-order chi connectivity index (χ1) is 10.8. The van der Waals surface area contributed by atoms with E-state index in [4.69, 9.17) is 19.0 Å². The Morgan fingerprint density at radius 1 is 1.12 bits per heavy atom. The molecule has 0 aromatic heterocycles. The number of allylic oxidation sites excluding steroid dienone is 1. The summed E-state index contributed by atoms with van der Waals surface area (Å²) >= 11 is 0. The van der Waals surface area contributed by atoms with E-state index in [1.165, 1.54) is 0 Å². The first-order valence-electron chi connectivity index (χ1n) is 8.05. The molecule has 24 heavy (non-hydrogen) atoms. The summed E-state index contributed by atoms with van der Waals surface area (Å²) in [4.78, 5) is 14.5. The largest absolute Gasteiger partial charge is 0.500 e. The fourth-order valence-electron chi connectivity index (χ4n) is 2.22. The number of rotatable bonds is 11. The average molecular weight is 383 g/mol. The SMILES string of the molecule is CO[Si](CCCN(CC(C)CN)C(=O)C(C)=C(C)C)(OC)OC.Cl. The van der Waals surface area contributed by atoms with Gasteiger partial charge in [0.2, 0.25) is 5.91 Å². The minimum absolute atomic E-state index is 0. The molecule has 0 heterocycles. The Kier molecular flexibility index (Phi) is 13.8. The van der Waals surface area contributed by atoms with Gasteiger partial charge in [-0.15, -0.1) is 12.4 Å². The first-order valence-corrected chi connectivity index (χ1v) is 9.98. The second kappa shape index (κ2) is 12.9. The van der Waals surface area contributed by atoms with Crippen molar-refractivity contribution in [3.05, 3.63) is 11.1 Å². The number of carbonyl (C=O) groups is 1. The van der Waals surface area contributed by atoms with Crippen LogP contribution in [0.1, 0.15) is 34.1 Å². The number of hydrogen-bond donors (Lipinski definition) is 1. The zero-order chi connectivity index (χ0) is 18.0. The molecule has 0 saturated heterocycles. The van der Waals surface area contributed by atoms with E-state index in [-0.39, 0.29) is 24.2 Å². The van der Waals surface area contributed by atoms with Crippen LogP contribution in [-0.4, -0.2) is 60.6 Å². The molecule has 0 rings (SSSR count). The Balaban J connectivity index is 0. The minimum Gasteiger partial charge on any atom is -0.377 e. The third-order valence-corrected chi connectivity index (χ3v) is 6.97. The average Bonchev–Trinajstić information content (AvgIpc) is 2.56. The lowest BCUT2D eigenvalue weighted by atomic mass is 10.1. The van der Waals surface area contributed by atoms with Crippen molar-refractivity contribution in [2.24, 2.45) is 11.7 Å². The molecule has 0 fully saturated rings. The molecule has 0 spiro atoms. The Morgan fingerprint density at radius 2 is 1.62 bits per heavy atom. The van der Waals surface area contributed by atoms with Gasteiger partial charge in [0.25, 0.3) is 0 Å². The number of nitrogens with two attached hydrogens (primary N) is 1. The van der Waals surface area contributed by atoms with Crippen LogP contribution in [0.25, 0.3) is 0 Å². The zero-order valence-electron chi connectivity index (χ0n) is 16.2. The smallest absolute Gasteiger partial charge is 0.377 e. The van der Waals surface area contributed by atoms with Gasteiger partial charge < -0.3 is 23.9 Å². The summed E-state index contributed by atoms with van der Waals surface area (Å²) in [5.41, 5.74) is 7.55. The summed E-state index contributed by atoms with van der Waals surface area (Å²) in [5, 5.41) is 0. The maximum atomic E-state index is 12.6. The molecule has 0 aromatic rings. The minimum atomic E-state index is -2.59. The van der Waals surface area contributed by atoms with E-state index in [1.54, 1.807) is 21.3 Å². The number of nitrogens with zero attached hydrogens (tertiary/aromatic N) is 1. The Hall–Kier alpha value is -0.443. The molecule has 8 heteroatoms. The van der Waals surface area contributed by atoms with Gasteiger partial charge in [0.1, 0.15) is 0 Å². The van der Waals surface area contributed by atoms with Crippen LogP contribution in [0.4, 0.5) is 0 Å². The van der Waals surface area contributed by atoms with Crippen molar-refractivity contribution in [1.29, 1.82) is 0 Å². The molecule has 0 aliphatic heterocycles. The van der Waals surface area contributed by atoms with Crippen LogP contribution in [0.5, 0.6) is 0 Å². The van der Waals surface area contributed by atoms with E-state index in [0.29, 0.717) is 25.7 Å². The van der Waals surface area contributed by atoms with Gasteiger partial charge in [0.15, 0.2) is 0 Å². The summed E-state index contributed by atoms with van der Waals surface area (Å²) in [5.74, 6) is 0.336. The van der Waals surface area contributed by atoms with Crippen LogP contribution in [0, 0.1) is 5.92 Å². The van der Waals surface area contributed by atoms with Crippen LogP contribution in [0.2, 0.25) is 6.04 Å². The molecule has 0 aromatic carbocycles. The molecule has 1 amide bonds. The van der Waals surface area contributed by atoms with Crippen LogP contribution in [0.15, 0.2) is 11.1 Å². The number of amides is 1. The molecule has 1 unspecified atom stereocenters. The summed E-state index contributed by atoms with van der Waals surface area (Å²) in [7, 11) is 2.22. The summed E-state index contributed by atoms with van der Waals surface area (Å²) in [6.07, 6.45) is 0.765. The highest BCUT2D eigenvalue weighted by atomic mass is 35.5. The van der Waals surface area contributed by atoms with Gasteiger partial charge in [0.05, 0.1) is 0 Å². The van der Waals surface area contributed by atoms with Crippen molar-refractivity contribution >= 4 is 27.1 Å². The van der Waals surface area contributed by atoms with Crippen LogP contribution >= 0.6 is 12.4 Å². The molecule has 0 radical (unpaired) electrons. The topological polar surface area (TPSA) is 74.0 Å². The molecule has 0 saturated carbocycles. The first kappa shape index (κ1) is 25.8. The lowest BCUT2D eigenvalue weighted by Gasteiger charge is -2.29. The standard InChI is InChI=1S/C16H34N2O4Si.ClH/c1-13(2)15(4)16(19)18(12-14(3)11-17)9-8-10-23(20-5,21-6)22-7;/h14H,8-12,17H2,1-7H3;1H. The van der Waals surface area contributed by atoms with E-state index >= 15 is 0 Å². The van der Waals surface area contributed by atoms with Crippen molar-refractivity contribution in [3.8, 4) is 0 Å². The maximum Gasteiger partial charge on any atom is 0.500 e. The summed E-state index contributed by atoms with van der Waals surface area (Å²) < 4.78 is 16.3. The second-order valence-electron chi connectivity index (χ2n) is 6.12. The fourth-order valence-corrected chi connectivity index (χ4v) is 3.92. The molecule has 0 bridgehead atoms. The number of carbonyl (C=O) groups excluding carboxylic acids is 1. The molecule has 144 valence electrons. The van der Waals surface area contributed by atoms with Crippen LogP contribution in [-0.2, 0) is 18.1 Å². The Bertz CT molecular complexity index is 391. The summed E-state index contributed by atoms with van der Waals surface area (Å²) in [6, 6.07) is 0.672. The van der Waals surface area contributed by atoms with Crippen LogP contribution < -0.4 is 5.73 Å². The second-order valence-corrected chi connectivity index (χ2v) is 9.21. The van der Waals surface area contributed by atoms with E-state index in [9.17, 15) is 4.79 Å². The van der Waals surface area contributed by atoms with E-state index in [1.807, 2.05) is 25.7 Å².